The summed E-state index contributed by atoms with van der Waals surface area (Å²) in [7, 11) is 6.11. The Bertz CT molecular complexity index is 299. The standard InChI is InChI=1S/C12H20N2O/c1-13-9-11(14(2)3)7-10-5-4-6-12(15)8-10/h4-6,8,11,13,15H,7,9H2,1-3H3/t11-/m0/s1. The van der Waals surface area contributed by atoms with E-state index in [4.69, 9.17) is 0 Å². The Kier molecular flexibility index (Phi) is 4.59. The minimum Gasteiger partial charge on any atom is -0.508 e. The van der Waals surface area contributed by atoms with Gasteiger partial charge in [0.1, 0.15) is 5.75 Å². The monoisotopic (exact) mass is 208 g/mol. The number of rotatable bonds is 5. The van der Waals surface area contributed by atoms with Crippen LogP contribution in [0.15, 0.2) is 24.3 Å². The van der Waals surface area contributed by atoms with Gasteiger partial charge in [-0.1, -0.05) is 12.1 Å². The summed E-state index contributed by atoms with van der Waals surface area (Å²) in [4.78, 5) is 2.19. The Morgan fingerprint density at radius 2 is 2.13 bits per heavy atom. The normalized spacial score (nSPS) is 13.1. The lowest BCUT2D eigenvalue weighted by molar-refractivity contribution is 0.286. The van der Waals surface area contributed by atoms with Crippen LogP contribution in [0.5, 0.6) is 5.75 Å². The maximum absolute atomic E-state index is 9.37. The number of hydrogen-bond acceptors (Lipinski definition) is 3. The second kappa shape index (κ2) is 5.73. The number of aromatic hydroxyl groups is 1. The van der Waals surface area contributed by atoms with Crippen molar-refractivity contribution in [3.05, 3.63) is 29.8 Å². The fourth-order valence-electron chi connectivity index (χ4n) is 1.63. The number of phenols is 1. The predicted octanol–water partition coefficient (Wildman–Crippen LogP) is 1.08. The van der Waals surface area contributed by atoms with E-state index in [1.165, 1.54) is 5.56 Å². The molecule has 3 heteroatoms. The minimum absolute atomic E-state index is 0.342. The highest BCUT2D eigenvalue weighted by Gasteiger charge is 2.11. The third-order valence-electron chi connectivity index (χ3n) is 2.55. The molecule has 1 aromatic rings. The Balaban J connectivity index is 2.65. The summed E-state index contributed by atoms with van der Waals surface area (Å²) in [6.45, 7) is 0.947. The first kappa shape index (κ1) is 12.0. The molecular weight excluding hydrogens is 188 g/mol. The Morgan fingerprint density at radius 3 is 2.67 bits per heavy atom. The molecule has 0 spiro atoms. The van der Waals surface area contributed by atoms with Crippen LogP contribution in [0.1, 0.15) is 5.56 Å². The van der Waals surface area contributed by atoms with Gasteiger partial charge in [0.2, 0.25) is 0 Å². The third-order valence-corrected chi connectivity index (χ3v) is 2.55. The summed E-state index contributed by atoms with van der Waals surface area (Å²) in [6.07, 6.45) is 0.947. The lowest BCUT2D eigenvalue weighted by atomic mass is 10.0. The van der Waals surface area contributed by atoms with Crippen LogP contribution in [0, 0.1) is 0 Å². The van der Waals surface area contributed by atoms with Gasteiger partial charge in [-0.15, -0.1) is 0 Å². The van der Waals surface area contributed by atoms with Gasteiger partial charge < -0.3 is 15.3 Å². The molecule has 0 aliphatic heterocycles. The zero-order valence-corrected chi connectivity index (χ0v) is 9.70. The molecule has 0 heterocycles. The van der Waals surface area contributed by atoms with Crippen molar-refractivity contribution in [2.75, 3.05) is 27.7 Å². The summed E-state index contributed by atoms with van der Waals surface area (Å²) in [5.74, 6) is 0.342. The van der Waals surface area contributed by atoms with Crippen molar-refractivity contribution < 1.29 is 5.11 Å². The molecule has 0 saturated heterocycles. The van der Waals surface area contributed by atoms with Gasteiger partial charge in [-0.25, -0.2) is 0 Å². The van der Waals surface area contributed by atoms with E-state index in [1.807, 2.05) is 25.2 Å². The number of benzene rings is 1. The first-order chi connectivity index (χ1) is 7.13. The summed E-state index contributed by atoms with van der Waals surface area (Å²) in [5, 5.41) is 12.5. The molecule has 3 nitrogen and oxygen atoms in total. The fourth-order valence-corrected chi connectivity index (χ4v) is 1.63. The van der Waals surface area contributed by atoms with Gasteiger partial charge in [0, 0.05) is 12.6 Å². The lowest BCUT2D eigenvalue weighted by Crippen LogP contribution is -2.38. The molecule has 0 saturated carbocycles. The molecule has 0 aromatic heterocycles. The molecule has 0 aliphatic rings. The molecule has 2 N–H and O–H groups in total. The summed E-state index contributed by atoms with van der Waals surface area (Å²) < 4.78 is 0. The average molecular weight is 208 g/mol. The topological polar surface area (TPSA) is 35.5 Å². The molecule has 0 aliphatic carbocycles. The van der Waals surface area contributed by atoms with Crippen molar-refractivity contribution in [1.29, 1.82) is 0 Å². The smallest absolute Gasteiger partial charge is 0.115 e. The van der Waals surface area contributed by atoms with E-state index in [0.29, 0.717) is 11.8 Å². The lowest BCUT2D eigenvalue weighted by Gasteiger charge is -2.24. The van der Waals surface area contributed by atoms with Crippen LogP contribution < -0.4 is 5.32 Å². The van der Waals surface area contributed by atoms with Crippen LogP contribution in [-0.4, -0.2) is 43.7 Å². The van der Waals surface area contributed by atoms with Gasteiger partial charge in [-0.2, -0.15) is 0 Å². The second-order valence-corrected chi connectivity index (χ2v) is 4.05. The molecule has 84 valence electrons. The number of phenolic OH excluding ortho intramolecular Hbond substituents is 1. The number of nitrogens with zero attached hydrogens (tertiary/aromatic N) is 1. The van der Waals surface area contributed by atoms with Crippen molar-refractivity contribution in [2.45, 2.75) is 12.5 Å². The molecule has 0 amide bonds. The highest BCUT2D eigenvalue weighted by Crippen LogP contribution is 2.13. The molecule has 0 unspecified atom stereocenters. The first-order valence-electron chi connectivity index (χ1n) is 5.22. The van der Waals surface area contributed by atoms with Gasteiger partial charge in [-0.3, -0.25) is 0 Å². The third kappa shape index (κ3) is 3.90. The molecule has 0 bridgehead atoms. The van der Waals surface area contributed by atoms with Crippen LogP contribution >= 0.6 is 0 Å². The van der Waals surface area contributed by atoms with Crippen molar-refractivity contribution in [1.82, 2.24) is 10.2 Å². The van der Waals surface area contributed by atoms with E-state index in [-0.39, 0.29) is 0 Å². The molecule has 1 rings (SSSR count). The zero-order chi connectivity index (χ0) is 11.3. The van der Waals surface area contributed by atoms with Crippen molar-refractivity contribution in [3.63, 3.8) is 0 Å². The first-order valence-corrected chi connectivity index (χ1v) is 5.22. The Morgan fingerprint density at radius 1 is 1.40 bits per heavy atom. The Labute approximate surface area is 91.7 Å². The number of nitrogens with one attached hydrogen (secondary N) is 1. The maximum Gasteiger partial charge on any atom is 0.115 e. The second-order valence-electron chi connectivity index (χ2n) is 4.05. The van der Waals surface area contributed by atoms with Crippen LogP contribution in [0.3, 0.4) is 0 Å². The molecular formula is C12H20N2O. The van der Waals surface area contributed by atoms with Gasteiger partial charge >= 0.3 is 0 Å². The molecule has 0 radical (unpaired) electrons. The van der Waals surface area contributed by atoms with Crippen LogP contribution in [-0.2, 0) is 6.42 Å². The maximum atomic E-state index is 9.37. The van der Waals surface area contributed by atoms with E-state index >= 15 is 0 Å². The summed E-state index contributed by atoms with van der Waals surface area (Å²) in [5.41, 5.74) is 1.17. The van der Waals surface area contributed by atoms with Gasteiger partial charge in [0.15, 0.2) is 0 Å². The minimum atomic E-state index is 0.342. The van der Waals surface area contributed by atoms with Crippen LogP contribution in [0.2, 0.25) is 0 Å². The molecule has 1 atom stereocenters. The van der Waals surface area contributed by atoms with Crippen molar-refractivity contribution >= 4 is 0 Å². The Hall–Kier alpha value is -1.06. The van der Waals surface area contributed by atoms with E-state index in [1.54, 1.807) is 6.07 Å². The highest BCUT2D eigenvalue weighted by molar-refractivity contribution is 5.27. The predicted molar refractivity (Wildman–Crippen MR) is 63.2 cm³/mol. The van der Waals surface area contributed by atoms with E-state index < -0.39 is 0 Å². The van der Waals surface area contributed by atoms with Gasteiger partial charge in [0.05, 0.1) is 0 Å². The zero-order valence-electron chi connectivity index (χ0n) is 9.70. The van der Waals surface area contributed by atoms with Crippen LogP contribution in [0.4, 0.5) is 0 Å². The quantitative estimate of drug-likeness (QED) is 0.760. The number of hydrogen-bond donors (Lipinski definition) is 2. The average Bonchev–Trinajstić information content (AvgIpc) is 2.17. The van der Waals surface area contributed by atoms with E-state index in [9.17, 15) is 5.11 Å². The molecule has 1 aromatic carbocycles. The van der Waals surface area contributed by atoms with E-state index in [0.717, 1.165) is 13.0 Å². The highest BCUT2D eigenvalue weighted by atomic mass is 16.3. The molecule has 0 fully saturated rings. The summed E-state index contributed by atoms with van der Waals surface area (Å²) >= 11 is 0. The SMILES string of the molecule is CNC[C@H](Cc1cccc(O)c1)N(C)C. The summed E-state index contributed by atoms with van der Waals surface area (Å²) in [6, 6.07) is 7.91. The van der Waals surface area contributed by atoms with E-state index in [2.05, 4.69) is 24.3 Å². The van der Waals surface area contributed by atoms with Crippen LogP contribution in [0.25, 0.3) is 0 Å². The largest absolute Gasteiger partial charge is 0.508 e. The van der Waals surface area contributed by atoms with Gasteiger partial charge in [-0.05, 0) is 45.3 Å². The number of likely N-dealkylation sites (N-methyl/N-ethyl adjacent to an activating group) is 2. The van der Waals surface area contributed by atoms with Crippen molar-refractivity contribution in [2.24, 2.45) is 0 Å². The van der Waals surface area contributed by atoms with Crippen molar-refractivity contribution in [3.8, 4) is 5.75 Å². The fraction of sp³-hybridized carbons (Fsp3) is 0.500. The molecule has 15 heavy (non-hydrogen) atoms. The van der Waals surface area contributed by atoms with Gasteiger partial charge in [0.25, 0.3) is 0 Å².